The van der Waals surface area contributed by atoms with Gasteiger partial charge >= 0.3 is 5.97 Å². The van der Waals surface area contributed by atoms with E-state index < -0.39 is 52.6 Å². The van der Waals surface area contributed by atoms with Crippen molar-refractivity contribution in [1.29, 1.82) is 0 Å². The molecule has 0 saturated carbocycles. The quantitative estimate of drug-likeness (QED) is 0.592. The number of carboxylic acid groups (broad SMARTS) is 1. The van der Waals surface area contributed by atoms with Crippen LogP contribution in [-0.2, 0) is 24.4 Å². The zero-order valence-corrected chi connectivity index (χ0v) is 10.6. The molecule has 0 radical (unpaired) electrons. The van der Waals surface area contributed by atoms with Crippen LogP contribution in [0, 0.1) is 0 Å². The van der Waals surface area contributed by atoms with E-state index in [2.05, 4.69) is 0 Å². The number of aliphatic carboxylic acids is 1. The van der Waals surface area contributed by atoms with E-state index >= 15 is 0 Å². The number of carboxylic acids is 1. The predicted molar refractivity (Wildman–Crippen MR) is 60.0 cm³/mol. The van der Waals surface area contributed by atoms with Gasteiger partial charge in [-0.05, 0) is 6.42 Å². The summed E-state index contributed by atoms with van der Waals surface area (Å²) < 4.78 is 24.5. The van der Waals surface area contributed by atoms with Gasteiger partial charge in [0.2, 0.25) is 21.8 Å². The number of nitrogens with zero attached hydrogens (tertiary/aromatic N) is 1. The summed E-state index contributed by atoms with van der Waals surface area (Å²) in [5.41, 5.74) is 0. The molecule has 18 heavy (non-hydrogen) atoms. The first-order chi connectivity index (χ1) is 8.27. The SMILES string of the molecule is CCC1C(=O)NC(=O)CN1S(=O)(=O)CCC(=O)O. The summed E-state index contributed by atoms with van der Waals surface area (Å²) in [4.78, 5) is 33.0. The topological polar surface area (TPSA) is 121 Å². The molecular formula is C9H14N2O6S. The second-order valence-electron chi connectivity index (χ2n) is 3.84. The van der Waals surface area contributed by atoms with Gasteiger partial charge in [-0.3, -0.25) is 19.7 Å². The van der Waals surface area contributed by atoms with Gasteiger partial charge in [0.25, 0.3) is 0 Å². The first kappa shape index (κ1) is 14.6. The average Bonchev–Trinajstić information content (AvgIpc) is 2.25. The van der Waals surface area contributed by atoms with Crippen LogP contribution in [0.4, 0.5) is 0 Å². The predicted octanol–water partition coefficient (Wildman–Crippen LogP) is -1.47. The largest absolute Gasteiger partial charge is 0.481 e. The van der Waals surface area contributed by atoms with E-state index in [0.717, 1.165) is 4.31 Å². The Morgan fingerprint density at radius 1 is 1.50 bits per heavy atom. The van der Waals surface area contributed by atoms with Gasteiger partial charge in [0.15, 0.2) is 0 Å². The molecule has 2 N–H and O–H groups in total. The lowest BCUT2D eigenvalue weighted by Crippen LogP contribution is -2.59. The highest BCUT2D eigenvalue weighted by atomic mass is 32.2. The van der Waals surface area contributed by atoms with Gasteiger partial charge in [0, 0.05) is 0 Å². The molecule has 2 amide bonds. The first-order valence-corrected chi connectivity index (χ1v) is 6.94. The van der Waals surface area contributed by atoms with Crippen molar-refractivity contribution < 1.29 is 27.9 Å². The second-order valence-corrected chi connectivity index (χ2v) is 5.88. The standard InChI is InChI=1S/C9H14N2O6S/c1-2-6-9(15)10-7(12)5-11(6)18(16,17)4-3-8(13)14/h6H,2-5H2,1H3,(H,13,14)(H,10,12,15). The average molecular weight is 278 g/mol. The number of piperazine rings is 1. The fraction of sp³-hybridized carbons (Fsp3) is 0.667. The number of nitrogens with one attached hydrogen (secondary N) is 1. The third kappa shape index (κ3) is 3.26. The Kier molecular flexibility index (Phi) is 4.41. The number of amides is 2. The van der Waals surface area contributed by atoms with Crippen molar-refractivity contribution in [2.45, 2.75) is 25.8 Å². The number of rotatable bonds is 5. The minimum atomic E-state index is -3.93. The third-order valence-electron chi connectivity index (χ3n) is 2.53. The summed E-state index contributed by atoms with van der Waals surface area (Å²) in [6, 6.07) is -0.957. The number of sulfonamides is 1. The van der Waals surface area contributed by atoms with Gasteiger partial charge in [-0.15, -0.1) is 0 Å². The Bertz CT molecular complexity index is 471. The van der Waals surface area contributed by atoms with Crippen LogP contribution in [0.1, 0.15) is 19.8 Å². The highest BCUT2D eigenvalue weighted by Crippen LogP contribution is 2.15. The van der Waals surface area contributed by atoms with Crippen LogP contribution in [0.2, 0.25) is 0 Å². The number of imide groups is 1. The summed E-state index contributed by atoms with van der Waals surface area (Å²) in [5.74, 6) is -3.25. The van der Waals surface area contributed by atoms with E-state index in [0.29, 0.717) is 0 Å². The number of carbonyl (C=O) groups excluding carboxylic acids is 2. The lowest BCUT2D eigenvalue weighted by molar-refractivity contribution is -0.137. The summed E-state index contributed by atoms with van der Waals surface area (Å²) in [6.45, 7) is 1.16. The lowest BCUT2D eigenvalue weighted by atomic mass is 10.2. The van der Waals surface area contributed by atoms with Crippen molar-refractivity contribution in [3.63, 3.8) is 0 Å². The number of hydrogen-bond acceptors (Lipinski definition) is 5. The maximum absolute atomic E-state index is 11.9. The van der Waals surface area contributed by atoms with Crippen molar-refractivity contribution in [1.82, 2.24) is 9.62 Å². The Balaban J connectivity index is 2.92. The maximum atomic E-state index is 11.9. The molecule has 1 unspecified atom stereocenters. The van der Waals surface area contributed by atoms with E-state index in [1.807, 2.05) is 5.32 Å². The van der Waals surface area contributed by atoms with E-state index in [4.69, 9.17) is 5.11 Å². The minimum absolute atomic E-state index is 0.214. The van der Waals surface area contributed by atoms with Crippen molar-refractivity contribution in [2.75, 3.05) is 12.3 Å². The molecule has 1 saturated heterocycles. The summed E-state index contributed by atoms with van der Waals surface area (Å²) in [6.07, 6.45) is -0.351. The Morgan fingerprint density at radius 3 is 2.61 bits per heavy atom. The van der Waals surface area contributed by atoms with Crippen LogP contribution >= 0.6 is 0 Å². The molecule has 0 aromatic carbocycles. The van der Waals surface area contributed by atoms with Crippen LogP contribution < -0.4 is 5.32 Å². The molecule has 1 rings (SSSR count). The molecule has 1 aliphatic rings. The van der Waals surface area contributed by atoms with Gasteiger partial charge in [0.1, 0.15) is 6.04 Å². The second kappa shape index (κ2) is 5.44. The fourth-order valence-electron chi connectivity index (χ4n) is 1.66. The van der Waals surface area contributed by atoms with Crippen LogP contribution in [0.5, 0.6) is 0 Å². The molecular weight excluding hydrogens is 264 g/mol. The zero-order valence-electron chi connectivity index (χ0n) is 9.75. The fourth-order valence-corrected chi connectivity index (χ4v) is 3.27. The molecule has 1 heterocycles. The molecule has 0 aliphatic carbocycles. The Hall–Kier alpha value is -1.48. The van der Waals surface area contributed by atoms with Crippen molar-refractivity contribution in [2.24, 2.45) is 0 Å². The van der Waals surface area contributed by atoms with E-state index in [9.17, 15) is 22.8 Å². The van der Waals surface area contributed by atoms with Crippen LogP contribution in [0.15, 0.2) is 0 Å². The van der Waals surface area contributed by atoms with E-state index in [1.165, 1.54) is 0 Å². The van der Waals surface area contributed by atoms with E-state index in [-0.39, 0.29) is 6.42 Å². The van der Waals surface area contributed by atoms with Crippen molar-refractivity contribution in [3.05, 3.63) is 0 Å². The maximum Gasteiger partial charge on any atom is 0.304 e. The molecule has 0 spiro atoms. The highest BCUT2D eigenvalue weighted by molar-refractivity contribution is 7.89. The molecule has 102 valence electrons. The number of hydrogen-bond donors (Lipinski definition) is 2. The van der Waals surface area contributed by atoms with Crippen molar-refractivity contribution >= 4 is 27.8 Å². The third-order valence-corrected chi connectivity index (χ3v) is 4.35. The Morgan fingerprint density at radius 2 is 2.11 bits per heavy atom. The van der Waals surface area contributed by atoms with Gasteiger partial charge in [-0.25, -0.2) is 8.42 Å². The molecule has 0 aromatic rings. The molecule has 0 aromatic heterocycles. The lowest BCUT2D eigenvalue weighted by Gasteiger charge is -2.32. The van der Waals surface area contributed by atoms with Gasteiger partial charge in [0.05, 0.1) is 18.7 Å². The van der Waals surface area contributed by atoms with Gasteiger partial charge in [-0.2, -0.15) is 4.31 Å². The summed E-state index contributed by atoms with van der Waals surface area (Å²) in [5, 5.41) is 10.5. The normalized spacial score (nSPS) is 21.7. The molecule has 8 nitrogen and oxygen atoms in total. The summed E-state index contributed by atoms with van der Waals surface area (Å²) >= 11 is 0. The molecule has 1 aliphatic heterocycles. The Labute approximate surface area is 104 Å². The van der Waals surface area contributed by atoms with Crippen LogP contribution in [-0.4, -0.2) is 54.0 Å². The molecule has 9 heteroatoms. The monoisotopic (exact) mass is 278 g/mol. The van der Waals surface area contributed by atoms with Crippen molar-refractivity contribution in [3.8, 4) is 0 Å². The zero-order chi connectivity index (χ0) is 13.9. The van der Waals surface area contributed by atoms with Crippen LogP contribution in [0.25, 0.3) is 0 Å². The minimum Gasteiger partial charge on any atom is -0.481 e. The first-order valence-electron chi connectivity index (χ1n) is 5.33. The summed E-state index contributed by atoms with van der Waals surface area (Å²) in [7, 11) is -3.93. The van der Waals surface area contributed by atoms with Gasteiger partial charge in [-0.1, -0.05) is 6.92 Å². The number of carbonyl (C=O) groups is 3. The van der Waals surface area contributed by atoms with E-state index in [1.54, 1.807) is 6.92 Å². The van der Waals surface area contributed by atoms with Gasteiger partial charge < -0.3 is 5.11 Å². The highest BCUT2D eigenvalue weighted by Gasteiger charge is 2.39. The molecule has 1 fully saturated rings. The smallest absolute Gasteiger partial charge is 0.304 e. The molecule has 1 atom stereocenters. The van der Waals surface area contributed by atoms with Crippen LogP contribution in [0.3, 0.4) is 0 Å². The molecule has 0 bridgehead atoms.